The molecule has 0 unspecified atom stereocenters. The van der Waals surface area contributed by atoms with Crippen LogP contribution in [-0.4, -0.2) is 15.7 Å². The van der Waals surface area contributed by atoms with Crippen LogP contribution in [0.25, 0.3) is 0 Å². The fourth-order valence-electron chi connectivity index (χ4n) is 1.85. The molecule has 0 aromatic carbocycles. The van der Waals surface area contributed by atoms with Gasteiger partial charge in [0.25, 0.3) is 5.56 Å². The lowest BCUT2D eigenvalue weighted by atomic mass is 10.4. The van der Waals surface area contributed by atoms with Gasteiger partial charge in [0.1, 0.15) is 0 Å². The van der Waals surface area contributed by atoms with E-state index in [0.717, 1.165) is 9.21 Å². The van der Waals surface area contributed by atoms with Crippen LogP contribution < -0.4 is 16.6 Å². The second kappa shape index (κ2) is 6.88. The van der Waals surface area contributed by atoms with E-state index in [1.165, 1.54) is 32.7 Å². The first kappa shape index (κ1) is 15.0. The van der Waals surface area contributed by atoms with Gasteiger partial charge in [-0.25, -0.2) is 4.79 Å². The topological polar surface area (TPSA) is 56.0 Å². The molecule has 2 rings (SSSR count). The van der Waals surface area contributed by atoms with Crippen molar-refractivity contribution in [3.05, 3.63) is 54.4 Å². The molecule has 2 aromatic heterocycles. The molecule has 0 aliphatic heterocycles. The fraction of sp³-hybridized carbons (Fsp3) is 0.385. The Balaban J connectivity index is 1.94. The van der Waals surface area contributed by atoms with Crippen LogP contribution in [0.4, 0.5) is 0 Å². The lowest BCUT2D eigenvalue weighted by Crippen LogP contribution is -2.40. The van der Waals surface area contributed by atoms with Crippen LogP contribution in [-0.2, 0) is 19.6 Å². The molecule has 0 aliphatic carbocycles. The van der Waals surface area contributed by atoms with Gasteiger partial charge in [0.15, 0.2) is 0 Å². The summed E-state index contributed by atoms with van der Waals surface area (Å²) in [6, 6.07) is 5.23. The summed E-state index contributed by atoms with van der Waals surface area (Å²) >= 11 is 7.36. The molecular formula is C13H16ClN3O2S. The van der Waals surface area contributed by atoms with Crippen molar-refractivity contribution >= 4 is 22.9 Å². The van der Waals surface area contributed by atoms with Crippen LogP contribution >= 0.6 is 22.9 Å². The number of thiophene rings is 1. The average molecular weight is 314 g/mol. The van der Waals surface area contributed by atoms with Crippen LogP contribution in [0.5, 0.6) is 0 Å². The van der Waals surface area contributed by atoms with E-state index in [1.807, 2.05) is 19.1 Å². The van der Waals surface area contributed by atoms with Crippen molar-refractivity contribution in [3.63, 3.8) is 0 Å². The van der Waals surface area contributed by atoms with E-state index in [1.54, 1.807) is 0 Å². The van der Waals surface area contributed by atoms with Crippen molar-refractivity contribution in [3.8, 4) is 0 Å². The number of nitrogens with zero attached hydrogens (tertiary/aromatic N) is 2. The van der Waals surface area contributed by atoms with E-state index in [4.69, 9.17) is 11.6 Å². The number of nitrogens with one attached hydrogen (secondary N) is 1. The molecule has 1 N–H and O–H groups in total. The van der Waals surface area contributed by atoms with Gasteiger partial charge < -0.3 is 9.88 Å². The van der Waals surface area contributed by atoms with Gasteiger partial charge in [-0.2, -0.15) is 0 Å². The first-order chi connectivity index (χ1) is 9.61. The predicted molar refractivity (Wildman–Crippen MR) is 81.7 cm³/mol. The molecule has 2 heterocycles. The first-order valence-corrected chi connectivity index (χ1v) is 7.56. The van der Waals surface area contributed by atoms with Crippen molar-refractivity contribution in [2.75, 3.05) is 6.54 Å². The second-order valence-electron chi connectivity index (χ2n) is 4.26. The SMILES string of the molecule is CCn1ccc(=O)n(CCNCc2ccc(Cl)s2)c1=O. The fourth-order valence-corrected chi connectivity index (χ4v) is 2.91. The molecule has 0 radical (unpaired) electrons. The monoisotopic (exact) mass is 313 g/mol. The number of aryl methyl sites for hydroxylation is 1. The highest BCUT2D eigenvalue weighted by atomic mass is 35.5. The second-order valence-corrected chi connectivity index (χ2v) is 6.06. The normalized spacial score (nSPS) is 10.9. The van der Waals surface area contributed by atoms with Gasteiger partial charge in [-0.05, 0) is 19.1 Å². The number of halogens is 1. The Kier molecular flexibility index (Phi) is 5.17. The van der Waals surface area contributed by atoms with E-state index >= 15 is 0 Å². The molecule has 2 aromatic rings. The zero-order chi connectivity index (χ0) is 14.5. The average Bonchev–Trinajstić information content (AvgIpc) is 2.83. The summed E-state index contributed by atoms with van der Waals surface area (Å²) in [5.41, 5.74) is -0.526. The standard InChI is InChI=1S/C13H16ClN3O2S/c1-2-16-7-5-12(18)17(13(16)19)8-6-15-9-10-3-4-11(14)20-10/h3-5,7,15H,2,6,8-9H2,1H3. The third kappa shape index (κ3) is 3.59. The van der Waals surface area contributed by atoms with Gasteiger partial charge in [0.2, 0.25) is 0 Å². The molecule has 0 aliphatic rings. The Labute approximate surface area is 125 Å². The zero-order valence-electron chi connectivity index (χ0n) is 11.1. The maximum atomic E-state index is 12.0. The van der Waals surface area contributed by atoms with E-state index in [0.29, 0.717) is 26.2 Å². The summed E-state index contributed by atoms with van der Waals surface area (Å²) in [6.07, 6.45) is 1.53. The molecule has 0 fully saturated rings. The Hall–Kier alpha value is -1.37. The summed E-state index contributed by atoms with van der Waals surface area (Å²) in [5, 5.41) is 3.20. The Morgan fingerprint density at radius 1 is 1.30 bits per heavy atom. The smallest absolute Gasteiger partial charge is 0.310 e. The Morgan fingerprint density at radius 3 is 2.75 bits per heavy atom. The molecule has 0 bridgehead atoms. The number of hydrogen-bond acceptors (Lipinski definition) is 4. The molecule has 20 heavy (non-hydrogen) atoms. The van der Waals surface area contributed by atoms with Crippen LogP contribution in [0.1, 0.15) is 11.8 Å². The van der Waals surface area contributed by atoms with Crippen molar-refractivity contribution in [2.45, 2.75) is 26.6 Å². The lowest BCUT2D eigenvalue weighted by Gasteiger charge is -2.08. The van der Waals surface area contributed by atoms with Crippen LogP contribution in [0.3, 0.4) is 0 Å². The summed E-state index contributed by atoms with van der Waals surface area (Å²) in [6.45, 7) is 4.02. The Morgan fingerprint density at radius 2 is 2.10 bits per heavy atom. The lowest BCUT2D eigenvalue weighted by molar-refractivity contribution is 0.532. The largest absolute Gasteiger partial charge is 0.330 e. The number of hydrogen-bond donors (Lipinski definition) is 1. The molecule has 7 heteroatoms. The van der Waals surface area contributed by atoms with E-state index in [-0.39, 0.29) is 11.2 Å². The van der Waals surface area contributed by atoms with Crippen molar-refractivity contribution in [1.82, 2.24) is 14.5 Å². The molecular weight excluding hydrogens is 298 g/mol. The molecule has 0 saturated carbocycles. The minimum atomic E-state index is -0.263. The van der Waals surface area contributed by atoms with Crippen molar-refractivity contribution < 1.29 is 0 Å². The van der Waals surface area contributed by atoms with E-state index in [9.17, 15) is 9.59 Å². The maximum absolute atomic E-state index is 12.0. The number of aromatic nitrogens is 2. The minimum absolute atomic E-state index is 0.263. The Bertz CT molecular complexity index is 689. The highest BCUT2D eigenvalue weighted by molar-refractivity contribution is 7.16. The highest BCUT2D eigenvalue weighted by Crippen LogP contribution is 2.20. The quantitative estimate of drug-likeness (QED) is 0.823. The van der Waals surface area contributed by atoms with Crippen LogP contribution in [0, 0.1) is 0 Å². The zero-order valence-corrected chi connectivity index (χ0v) is 12.7. The molecule has 0 spiro atoms. The highest BCUT2D eigenvalue weighted by Gasteiger charge is 2.04. The summed E-state index contributed by atoms with van der Waals surface area (Å²) in [7, 11) is 0. The summed E-state index contributed by atoms with van der Waals surface area (Å²) < 4.78 is 3.52. The van der Waals surface area contributed by atoms with E-state index in [2.05, 4.69) is 5.32 Å². The molecule has 0 amide bonds. The minimum Gasteiger partial charge on any atom is -0.310 e. The third-order valence-electron chi connectivity index (χ3n) is 2.92. The van der Waals surface area contributed by atoms with Gasteiger partial charge in [-0.15, -0.1) is 11.3 Å². The van der Waals surface area contributed by atoms with Gasteiger partial charge >= 0.3 is 5.69 Å². The molecule has 0 atom stereocenters. The van der Waals surface area contributed by atoms with Crippen molar-refractivity contribution in [1.29, 1.82) is 0 Å². The van der Waals surface area contributed by atoms with E-state index < -0.39 is 0 Å². The predicted octanol–water partition coefficient (Wildman–Crippen LogP) is 1.53. The maximum Gasteiger partial charge on any atom is 0.330 e. The first-order valence-electron chi connectivity index (χ1n) is 6.37. The van der Waals surface area contributed by atoms with Gasteiger partial charge in [0, 0.05) is 43.3 Å². The van der Waals surface area contributed by atoms with Crippen LogP contribution in [0.15, 0.2) is 34.0 Å². The van der Waals surface area contributed by atoms with Gasteiger partial charge in [0.05, 0.1) is 4.34 Å². The molecule has 5 nitrogen and oxygen atoms in total. The third-order valence-corrected chi connectivity index (χ3v) is 4.15. The molecule has 108 valence electrons. The van der Waals surface area contributed by atoms with Gasteiger partial charge in [-0.1, -0.05) is 11.6 Å². The summed E-state index contributed by atoms with van der Waals surface area (Å²) in [4.78, 5) is 24.8. The summed E-state index contributed by atoms with van der Waals surface area (Å²) in [5.74, 6) is 0. The molecule has 0 saturated heterocycles. The van der Waals surface area contributed by atoms with Crippen molar-refractivity contribution in [2.24, 2.45) is 0 Å². The van der Waals surface area contributed by atoms with Gasteiger partial charge in [-0.3, -0.25) is 9.36 Å². The van der Waals surface area contributed by atoms with Crippen LogP contribution in [0.2, 0.25) is 4.34 Å². The number of rotatable bonds is 6.